The van der Waals surface area contributed by atoms with Gasteiger partial charge in [-0.15, -0.1) is 0 Å². The van der Waals surface area contributed by atoms with E-state index in [1.165, 1.54) is 0 Å². The molecule has 0 atom stereocenters. The summed E-state index contributed by atoms with van der Waals surface area (Å²) in [5, 5.41) is 0.971. The van der Waals surface area contributed by atoms with E-state index in [0.717, 1.165) is 5.69 Å². The van der Waals surface area contributed by atoms with E-state index < -0.39 is 0 Å². The zero-order chi connectivity index (χ0) is 15.5. The number of nitrogens with zero attached hydrogens (tertiary/aromatic N) is 3. The Hall–Kier alpha value is -2.17. The van der Waals surface area contributed by atoms with E-state index in [1.807, 2.05) is 25.1 Å². The van der Waals surface area contributed by atoms with Crippen molar-refractivity contribution in [1.82, 2.24) is 15.0 Å². The summed E-state index contributed by atoms with van der Waals surface area (Å²) in [6.07, 6.45) is 1.70. The van der Waals surface area contributed by atoms with Crippen LogP contribution >= 0.6 is 23.2 Å². The molecule has 0 unspecified atom stereocenters. The molecule has 6 heteroatoms. The van der Waals surface area contributed by atoms with Gasteiger partial charge in [0.25, 0.3) is 0 Å². The SMILES string of the molecule is Cc1ccnc(-c2cccc(Oc3ccc(Cl)cc3Cl)n2)n1. The van der Waals surface area contributed by atoms with Gasteiger partial charge in [0.1, 0.15) is 11.4 Å². The fourth-order valence-corrected chi connectivity index (χ4v) is 2.29. The van der Waals surface area contributed by atoms with Crippen LogP contribution in [0.4, 0.5) is 0 Å². The summed E-state index contributed by atoms with van der Waals surface area (Å²) >= 11 is 12.0. The highest BCUT2D eigenvalue weighted by Crippen LogP contribution is 2.31. The van der Waals surface area contributed by atoms with Crippen LogP contribution in [0.2, 0.25) is 10.0 Å². The molecule has 3 aromatic rings. The predicted octanol–water partition coefficient (Wildman–Crippen LogP) is 4.95. The molecule has 0 aliphatic carbocycles. The smallest absolute Gasteiger partial charge is 0.219 e. The van der Waals surface area contributed by atoms with E-state index in [0.29, 0.717) is 33.2 Å². The molecule has 0 N–H and O–H groups in total. The Morgan fingerprint density at radius 2 is 1.86 bits per heavy atom. The van der Waals surface area contributed by atoms with Gasteiger partial charge in [-0.2, -0.15) is 0 Å². The zero-order valence-corrected chi connectivity index (χ0v) is 13.1. The van der Waals surface area contributed by atoms with Crippen molar-refractivity contribution in [2.24, 2.45) is 0 Å². The van der Waals surface area contributed by atoms with Crippen molar-refractivity contribution in [2.75, 3.05) is 0 Å². The van der Waals surface area contributed by atoms with Crippen LogP contribution in [0.15, 0.2) is 48.7 Å². The highest BCUT2D eigenvalue weighted by atomic mass is 35.5. The van der Waals surface area contributed by atoms with Crippen molar-refractivity contribution >= 4 is 23.2 Å². The van der Waals surface area contributed by atoms with E-state index in [-0.39, 0.29) is 0 Å². The van der Waals surface area contributed by atoms with Crippen molar-refractivity contribution < 1.29 is 4.74 Å². The van der Waals surface area contributed by atoms with Crippen LogP contribution in [0, 0.1) is 6.92 Å². The highest BCUT2D eigenvalue weighted by molar-refractivity contribution is 6.35. The van der Waals surface area contributed by atoms with Gasteiger partial charge in [0.05, 0.1) is 5.02 Å². The minimum atomic E-state index is 0.409. The van der Waals surface area contributed by atoms with Crippen LogP contribution in [0.3, 0.4) is 0 Å². The zero-order valence-electron chi connectivity index (χ0n) is 11.6. The van der Waals surface area contributed by atoms with Crippen LogP contribution in [0.5, 0.6) is 11.6 Å². The maximum absolute atomic E-state index is 6.10. The van der Waals surface area contributed by atoms with Crippen molar-refractivity contribution in [1.29, 1.82) is 0 Å². The number of aromatic nitrogens is 3. The Kier molecular flexibility index (Phi) is 4.22. The Labute approximate surface area is 137 Å². The van der Waals surface area contributed by atoms with Gasteiger partial charge in [-0.25, -0.2) is 15.0 Å². The topological polar surface area (TPSA) is 47.9 Å². The summed E-state index contributed by atoms with van der Waals surface area (Å²) in [5.41, 5.74) is 1.50. The Morgan fingerprint density at radius 3 is 2.64 bits per heavy atom. The quantitative estimate of drug-likeness (QED) is 0.681. The number of pyridine rings is 1. The average molecular weight is 332 g/mol. The lowest BCUT2D eigenvalue weighted by Gasteiger charge is -2.08. The second-order valence-electron chi connectivity index (χ2n) is 4.56. The number of hydrogen-bond donors (Lipinski definition) is 0. The monoisotopic (exact) mass is 331 g/mol. The number of aryl methyl sites for hydroxylation is 1. The maximum Gasteiger partial charge on any atom is 0.219 e. The van der Waals surface area contributed by atoms with E-state index in [2.05, 4.69) is 15.0 Å². The second-order valence-corrected chi connectivity index (χ2v) is 5.40. The predicted molar refractivity (Wildman–Crippen MR) is 86.5 cm³/mol. The molecule has 2 heterocycles. The maximum atomic E-state index is 6.10. The first-order chi connectivity index (χ1) is 10.6. The fourth-order valence-electron chi connectivity index (χ4n) is 1.84. The van der Waals surface area contributed by atoms with Gasteiger partial charge in [-0.3, -0.25) is 0 Å². The third kappa shape index (κ3) is 3.35. The summed E-state index contributed by atoms with van der Waals surface area (Å²) in [5.74, 6) is 1.44. The van der Waals surface area contributed by atoms with E-state index in [9.17, 15) is 0 Å². The summed E-state index contributed by atoms with van der Waals surface area (Å²) in [6.45, 7) is 1.90. The summed E-state index contributed by atoms with van der Waals surface area (Å²) in [6, 6.07) is 12.2. The standard InChI is InChI=1S/C16H11Cl2N3O/c1-10-7-8-19-16(20-10)13-3-2-4-15(21-13)22-14-6-5-11(17)9-12(14)18/h2-9H,1H3. The van der Waals surface area contributed by atoms with Crippen LogP contribution in [-0.4, -0.2) is 15.0 Å². The van der Waals surface area contributed by atoms with Gasteiger partial charge in [0.2, 0.25) is 5.88 Å². The Morgan fingerprint density at radius 1 is 1.00 bits per heavy atom. The van der Waals surface area contributed by atoms with Crippen molar-refractivity contribution in [3.05, 3.63) is 64.4 Å². The number of benzene rings is 1. The van der Waals surface area contributed by atoms with Gasteiger partial charge in [-0.1, -0.05) is 29.3 Å². The lowest BCUT2D eigenvalue weighted by Crippen LogP contribution is -1.95. The fraction of sp³-hybridized carbons (Fsp3) is 0.0625. The molecule has 0 aliphatic rings. The van der Waals surface area contributed by atoms with E-state index in [1.54, 1.807) is 30.5 Å². The normalized spacial score (nSPS) is 10.5. The molecule has 0 bridgehead atoms. The molecule has 0 aliphatic heterocycles. The third-order valence-electron chi connectivity index (χ3n) is 2.86. The largest absolute Gasteiger partial charge is 0.437 e. The van der Waals surface area contributed by atoms with Crippen molar-refractivity contribution in [2.45, 2.75) is 6.92 Å². The van der Waals surface area contributed by atoms with Gasteiger partial charge in [-0.05, 0) is 37.3 Å². The molecule has 1 aromatic carbocycles. The number of ether oxygens (including phenoxy) is 1. The summed E-state index contributed by atoms with van der Waals surface area (Å²) in [4.78, 5) is 13.0. The molecular formula is C16H11Cl2N3O. The molecule has 4 nitrogen and oxygen atoms in total. The van der Waals surface area contributed by atoms with Crippen LogP contribution in [0.1, 0.15) is 5.69 Å². The summed E-state index contributed by atoms with van der Waals surface area (Å²) in [7, 11) is 0. The molecular weight excluding hydrogens is 321 g/mol. The molecule has 3 rings (SSSR count). The van der Waals surface area contributed by atoms with Crippen molar-refractivity contribution in [3.63, 3.8) is 0 Å². The van der Waals surface area contributed by atoms with Gasteiger partial charge in [0.15, 0.2) is 5.82 Å². The molecule has 0 saturated carbocycles. The van der Waals surface area contributed by atoms with Gasteiger partial charge >= 0.3 is 0 Å². The van der Waals surface area contributed by atoms with E-state index in [4.69, 9.17) is 27.9 Å². The molecule has 0 amide bonds. The lowest BCUT2D eigenvalue weighted by atomic mass is 10.3. The third-order valence-corrected chi connectivity index (χ3v) is 3.39. The molecule has 0 saturated heterocycles. The Bertz CT molecular complexity index is 824. The first-order valence-electron chi connectivity index (χ1n) is 6.52. The van der Waals surface area contributed by atoms with Crippen molar-refractivity contribution in [3.8, 4) is 23.1 Å². The van der Waals surface area contributed by atoms with Crippen LogP contribution in [0.25, 0.3) is 11.5 Å². The van der Waals surface area contributed by atoms with Crippen LogP contribution < -0.4 is 4.74 Å². The lowest BCUT2D eigenvalue weighted by molar-refractivity contribution is 0.464. The number of hydrogen-bond acceptors (Lipinski definition) is 4. The molecule has 22 heavy (non-hydrogen) atoms. The minimum Gasteiger partial charge on any atom is -0.437 e. The summed E-state index contributed by atoms with van der Waals surface area (Å²) < 4.78 is 5.70. The number of rotatable bonds is 3. The first kappa shape index (κ1) is 14.8. The molecule has 0 fully saturated rings. The number of halogens is 2. The molecule has 110 valence electrons. The van der Waals surface area contributed by atoms with Gasteiger partial charge < -0.3 is 4.74 Å². The average Bonchev–Trinajstić information content (AvgIpc) is 2.50. The first-order valence-corrected chi connectivity index (χ1v) is 7.27. The second kappa shape index (κ2) is 6.30. The Balaban J connectivity index is 1.91. The van der Waals surface area contributed by atoms with Crippen LogP contribution in [-0.2, 0) is 0 Å². The highest BCUT2D eigenvalue weighted by Gasteiger charge is 2.08. The molecule has 0 radical (unpaired) electrons. The van der Waals surface area contributed by atoms with Gasteiger partial charge in [0, 0.05) is 23.0 Å². The van der Waals surface area contributed by atoms with E-state index >= 15 is 0 Å². The molecule has 0 spiro atoms. The minimum absolute atomic E-state index is 0.409. The molecule has 2 aromatic heterocycles.